The maximum Gasteiger partial charge on any atom is 0.242 e. The number of rotatable bonds is 5. The lowest BCUT2D eigenvalue weighted by molar-refractivity contribution is -0.130. The summed E-state index contributed by atoms with van der Waals surface area (Å²) in [5.74, 6) is 2.38. The Morgan fingerprint density at radius 3 is 2.67 bits per heavy atom. The molecular formula is C15H18N2O3S. The van der Waals surface area contributed by atoms with Crippen molar-refractivity contribution in [1.29, 1.82) is 0 Å². The summed E-state index contributed by atoms with van der Waals surface area (Å²) in [6.45, 7) is 0.234. The molecule has 1 fully saturated rings. The van der Waals surface area contributed by atoms with Gasteiger partial charge in [-0.3, -0.25) is 4.79 Å². The normalized spacial score (nSPS) is 19.7. The lowest BCUT2D eigenvalue weighted by Gasteiger charge is -2.26. The van der Waals surface area contributed by atoms with Crippen LogP contribution in [0.3, 0.4) is 0 Å². The second-order valence-electron chi connectivity index (χ2n) is 5.00. The molecule has 2 rings (SSSR count). The van der Waals surface area contributed by atoms with Crippen LogP contribution >= 0.6 is 0 Å². The van der Waals surface area contributed by atoms with Gasteiger partial charge in [0, 0.05) is 11.7 Å². The van der Waals surface area contributed by atoms with Crippen molar-refractivity contribution >= 4 is 21.4 Å². The van der Waals surface area contributed by atoms with Crippen LogP contribution in [-0.2, 0) is 14.6 Å². The maximum atomic E-state index is 12.3. The molecule has 1 saturated heterocycles. The first-order valence-corrected chi connectivity index (χ1v) is 8.56. The van der Waals surface area contributed by atoms with Crippen molar-refractivity contribution in [3.8, 4) is 12.3 Å². The van der Waals surface area contributed by atoms with Crippen LogP contribution < -0.4 is 5.32 Å². The van der Waals surface area contributed by atoms with E-state index >= 15 is 0 Å². The molecule has 5 nitrogen and oxygen atoms in total. The van der Waals surface area contributed by atoms with E-state index in [0.29, 0.717) is 6.42 Å². The summed E-state index contributed by atoms with van der Waals surface area (Å²) in [5, 5.41) is 3.02. The highest BCUT2D eigenvalue weighted by Crippen LogP contribution is 2.18. The molecule has 0 bridgehead atoms. The number of hydrogen-bond donors (Lipinski definition) is 1. The van der Waals surface area contributed by atoms with Gasteiger partial charge in [-0.2, -0.15) is 0 Å². The van der Waals surface area contributed by atoms with Crippen LogP contribution in [0.1, 0.15) is 6.42 Å². The molecule has 0 aromatic heterocycles. The summed E-state index contributed by atoms with van der Waals surface area (Å²) in [7, 11) is -3.04. The molecule has 0 radical (unpaired) electrons. The second kappa shape index (κ2) is 6.64. The van der Waals surface area contributed by atoms with Crippen molar-refractivity contribution < 1.29 is 13.2 Å². The van der Waals surface area contributed by atoms with Gasteiger partial charge in [-0.15, -0.1) is 6.42 Å². The molecule has 6 heteroatoms. The van der Waals surface area contributed by atoms with E-state index in [-0.39, 0.29) is 36.5 Å². The molecule has 1 unspecified atom stereocenters. The van der Waals surface area contributed by atoms with Gasteiger partial charge in [-0.25, -0.2) is 8.42 Å². The number of benzene rings is 1. The zero-order valence-corrected chi connectivity index (χ0v) is 12.5. The van der Waals surface area contributed by atoms with Crippen molar-refractivity contribution in [3.63, 3.8) is 0 Å². The summed E-state index contributed by atoms with van der Waals surface area (Å²) in [5.41, 5.74) is 0.838. The van der Waals surface area contributed by atoms with Crippen LogP contribution in [0.2, 0.25) is 0 Å². The molecule has 1 aliphatic rings. The zero-order valence-electron chi connectivity index (χ0n) is 11.7. The Balaban J connectivity index is 1.98. The van der Waals surface area contributed by atoms with Crippen molar-refractivity contribution in [3.05, 3.63) is 30.3 Å². The molecule has 1 heterocycles. The molecule has 1 aliphatic heterocycles. The molecular weight excluding hydrogens is 288 g/mol. The number of terminal acetylenes is 1. The highest BCUT2D eigenvalue weighted by molar-refractivity contribution is 7.91. The van der Waals surface area contributed by atoms with E-state index in [9.17, 15) is 13.2 Å². The number of nitrogens with zero attached hydrogens (tertiary/aromatic N) is 1. The Morgan fingerprint density at radius 1 is 1.38 bits per heavy atom. The minimum absolute atomic E-state index is 0.00571. The zero-order chi connectivity index (χ0) is 15.3. The molecule has 0 aliphatic carbocycles. The summed E-state index contributed by atoms with van der Waals surface area (Å²) in [4.78, 5) is 13.8. The Morgan fingerprint density at radius 2 is 2.10 bits per heavy atom. The fourth-order valence-electron chi connectivity index (χ4n) is 2.38. The third kappa shape index (κ3) is 4.23. The number of hydrogen-bond acceptors (Lipinski definition) is 4. The van der Waals surface area contributed by atoms with Crippen molar-refractivity contribution in [2.75, 3.05) is 29.9 Å². The number of amides is 1. The van der Waals surface area contributed by atoms with Crippen LogP contribution in [-0.4, -0.2) is 49.9 Å². The predicted molar refractivity (Wildman–Crippen MR) is 82.5 cm³/mol. The molecule has 1 aromatic carbocycles. The van der Waals surface area contributed by atoms with E-state index in [4.69, 9.17) is 6.42 Å². The van der Waals surface area contributed by atoms with Gasteiger partial charge in [-0.1, -0.05) is 24.1 Å². The lowest BCUT2D eigenvalue weighted by Crippen LogP contribution is -2.44. The SMILES string of the molecule is C#CCN(C(=O)CNc1ccccc1)C1CCS(=O)(=O)C1. The van der Waals surface area contributed by atoms with E-state index in [1.807, 2.05) is 30.3 Å². The van der Waals surface area contributed by atoms with E-state index in [1.54, 1.807) is 0 Å². The molecule has 0 spiro atoms. The monoisotopic (exact) mass is 306 g/mol. The molecule has 1 amide bonds. The highest BCUT2D eigenvalue weighted by Gasteiger charge is 2.34. The first-order chi connectivity index (χ1) is 10.0. The van der Waals surface area contributed by atoms with Gasteiger partial charge in [0.1, 0.15) is 0 Å². The smallest absolute Gasteiger partial charge is 0.242 e. The van der Waals surface area contributed by atoms with E-state index < -0.39 is 9.84 Å². The minimum Gasteiger partial charge on any atom is -0.376 e. The van der Waals surface area contributed by atoms with Crippen molar-refractivity contribution in [2.24, 2.45) is 0 Å². The Kier molecular flexibility index (Phi) is 4.86. The Hall–Kier alpha value is -2.00. The Labute approximate surface area is 125 Å². The lowest BCUT2D eigenvalue weighted by atomic mass is 10.2. The van der Waals surface area contributed by atoms with Gasteiger partial charge in [0.05, 0.1) is 24.6 Å². The summed E-state index contributed by atoms with van der Waals surface area (Å²) in [6, 6.07) is 9.04. The number of carbonyl (C=O) groups is 1. The van der Waals surface area contributed by atoms with Gasteiger partial charge in [0.25, 0.3) is 0 Å². The van der Waals surface area contributed by atoms with Crippen LogP contribution in [0.25, 0.3) is 0 Å². The highest BCUT2D eigenvalue weighted by atomic mass is 32.2. The van der Waals surface area contributed by atoms with E-state index in [2.05, 4.69) is 11.2 Å². The average molecular weight is 306 g/mol. The van der Waals surface area contributed by atoms with Crippen LogP contribution in [0, 0.1) is 12.3 Å². The molecule has 112 valence electrons. The predicted octanol–water partition coefficient (Wildman–Crippen LogP) is 0.747. The standard InChI is InChI=1S/C15H18N2O3S/c1-2-9-17(14-8-10-21(19,20)12-14)15(18)11-16-13-6-4-3-5-7-13/h1,3-7,14,16H,8-12H2. The van der Waals surface area contributed by atoms with Gasteiger partial charge < -0.3 is 10.2 Å². The van der Waals surface area contributed by atoms with E-state index in [1.165, 1.54) is 4.90 Å². The number of sulfone groups is 1. The van der Waals surface area contributed by atoms with Gasteiger partial charge >= 0.3 is 0 Å². The molecule has 1 atom stereocenters. The minimum atomic E-state index is -3.04. The third-order valence-corrected chi connectivity index (χ3v) is 5.20. The van der Waals surface area contributed by atoms with E-state index in [0.717, 1.165) is 5.69 Å². The number of anilines is 1. The molecule has 0 saturated carbocycles. The summed E-state index contributed by atoms with van der Waals surface area (Å²) >= 11 is 0. The number of para-hydroxylation sites is 1. The van der Waals surface area contributed by atoms with Crippen LogP contribution in [0.15, 0.2) is 30.3 Å². The van der Waals surface area contributed by atoms with Gasteiger partial charge in [0.15, 0.2) is 9.84 Å². The summed E-state index contributed by atoms with van der Waals surface area (Å²) in [6.07, 6.45) is 5.76. The van der Waals surface area contributed by atoms with Gasteiger partial charge in [0.2, 0.25) is 5.91 Å². The number of nitrogens with one attached hydrogen (secondary N) is 1. The first-order valence-electron chi connectivity index (χ1n) is 6.74. The topological polar surface area (TPSA) is 66.5 Å². The largest absolute Gasteiger partial charge is 0.376 e. The second-order valence-corrected chi connectivity index (χ2v) is 7.23. The van der Waals surface area contributed by atoms with Gasteiger partial charge in [-0.05, 0) is 18.6 Å². The molecule has 21 heavy (non-hydrogen) atoms. The summed E-state index contributed by atoms with van der Waals surface area (Å²) < 4.78 is 23.1. The average Bonchev–Trinajstić information content (AvgIpc) is 2.83. The molecule has 1 N–H and O–H groups in total. The van der Waals surface area contributed by atoms with Crippen LogP contribution in [0.4, 0.5) is 5.69 Å². The fraction of sp³-hybridized carbons (Fsp3) is 0.400. The third-order valence-electron chi connectivity index (χ3n) is 3.45. The van der Waals surface area contributed by atoms with Crippen molar-refractivity contribution in [1.82, 2.24) is 4.90 Å². The van der Waals surface area contributed by atoms with Crippen molar-refractivity contribution in [2.45, 2.75) is 12.5 Å². The maximum absolute atomic E-state index is 12.3. The molecule has 1 aromatic rings. The first kappa shape index (κ1) is 15.4. The van der Waals surface area contributed by atoms with Crippen LogP contribution in [0.5, 0.6) is 0 Å². The number of carbonyl (C=O) groups excluding carboxylic acids is 1. The Bertz CT molecular complexity index is 635. The fourth-order valence-corrected chi connectivity index (χ4v) is 4.11. The quantitative estimate of drug-likeness (QED) is 0.815.